The van der Waals surface area contributed by atoms with E-state index in [9.17, 15) is 13.2 Å². The van der Waals surface area contributed by atoms with E-state index in [-0.39, 0.29) is 10.9 Å². The molecule has 0 heterocycles. The second kappa shape index (κ2) is 6.79. The van der Waals surface area contributed by atoms with Crippen molar-refractivity contribution in [2.75, 3.05) is 7.11 Å². The van der Waals surface area contributed by atoms with Gasteiger partial charge in [0.2, 0.25) is 10.0 Å². The van der Waals surface area contributed by atoms with Crippen LogP contribution in [0.2, 0.25) is 0 Å². The molecule has 0 aliphatic heterocycles. The monoisotopic (exact) mass is 325 g/mol. The number of nitrogens with one attached hydrogen (secondary N) is 1. The van der Waals surface area contributed by atoms with Gasteiger partial charge in [-0.15, -0.1) is 0 Å². The molecule has 0 spiro atoms. The van der Waals surface area contributed by atoms with Crippen LogP contribution in [-0.2, 0) is 14.8 Å². The first kappa shape index (κ1) is 17.0. The van der Waals surface area contributed by atoms with E-state index in [2.05, 4.69) is 23.3 Å². The molecule has 6 heteroatoms. The van der Waals surface area contributed by atoms with Crippen molar-refractivity contribution in [3.63, 3.8) is 0 Å². The Kier molecular flexibility index (Phi) is 5.24. The molecule has 1 N–H and O–H groups in total. The van der Waals surface area contributed by atoms with E-state index in [1.165, 1.54) is 31.4 Å². The fourth-order valence-corrected chi connectivity index (χ4v) is 4.27. The third-order valence-corrected chi connectivity index (χ3v) is 6.10. The van der Waals surface area contributed by atoms with Crippen LogP contribution in [0.5, 0.6) is 0 Å². The number of sulfonamides is 1. The summed E-state index contributed by atoms with van der Waals surface area (Å²) in [6, 6.07) is 5.77. The van der Waals surface area contributed by atoms with Gasteiger partial charge in [-0.25, -0.2) is 17.9 Å². The number of carbonyl (C=O) groups excluding carboxylic acids is 1. The van der Waals surface area contributed by atoms with Gasteiger partial charge in [0.15, 0.2) is 0 Å². The maximum Gasteiger partial charge on any atom is 0.337 e. The Labute approximate surface area is 132 Å². The summed E-state index contributed by atoms with van der Waals surface area (Å²) in [4.78, 5) is 11.6. The number of carbonyl (C=O) groups is 1. The Bertz CT molecular complexity index is 624. The van der Waals surface area contributed by atoms with Crippen LogP contribution in [-0.4, -0.2) is 27.5 Å². The van der Waals surface area contributed by atoms with Crippen molar-refractivity contribution in [2.24, 2.45) is 11.8 Å². The minimum absolute atomic E-state index is 0.0333. The summed E-state index contributed by atoms with van der Waals surface area (Å²) in [5, 5.41) is 0. The summed E-state index contributed by atoms with van der Waals surface area (Å²) in [6.07, 6.45) is 3.05. The maximum absolute atomic E-state index is 12.5. The fourth-order valence-electron chi connectivity index (χ4n) is 2.90. The molecule has 1 aliphatic carbocycles. The normalized spacial score (nSPS) is 25.7. The zero-order valence-corrected chi connectivity index (χ0v) is 14.0. The molecule has 3 atom stereocenters. The van der Waals surface area contributed by atoms with E-state index in [0.29, 0.717) is 17.4 Å². The number of ether oxygens (including phenoxy) is 1. The molecule has 0 bridgehead atoms. The lowest BCUT2D eigenvalue weighted by molar-refractivity contribution is 0.0600. The van der Waals surface area contributed by atoms with Crippen LogP contribution in [0, 0.1) is 11.8 Å². The summed E-state index contributed by atoms with van der Waals surface area (Å²) in [5.41, 5.74) is 0.334. The van der Waals surface area contributed by atoms with Crippen LogP contribution in [0.25, 0.3) is 0 Å². The first-order valence-electron chi connectivity index (χ1n) is 7.56. The number of hydrogen-bond acceptors (Lipinski definition) is 4. The van der Waals surface area contributed by atoms with Gasteiger partial charge in [0, 0.05) is 6.04 Å². The zero-order valence-electron chi connectivity index (χ0n) is 13.2. The van der Waals surface area contributed by atoms with Gasteiger partial charge in [-0.1, -0.05) is 26.7 Å². The molecule has 0 radical (unpaired) electrons. The van der Waals surface area contributed by atoms with E-state index in [1.807, 2.05) is 0 Å². The van der Waals surface area contributed by atoms with Crippen LogP contribution in [0.15, 0.2) is 29.2 Å². The number of rotatable bonds is 4. The summed E-state index contributed by atoms with van der Waals surface area (Å²) in [6.45, 7) is 4.26. The SMILES string of the molecule is COC(=O)c1ccc(S(=O)(=O)NC2CCCC(C)C2C)cc1. The van der Waals surface area contributed by atoms with E-state index >= 15 is 0 Å². The Hall–Kier alpha value is -1.40. The fraction of sp³-hybridized carbons (Fsp3) is 0.562. The quantitative estimate of drug-likeness (QED) is 0.864. The zero-order chi connectivity index (χ0) is 16.3. The summed E-state index contributed by atoms with van der Waals surface area (Å²) in [5.74, 6) is 0.354. The Morgan fingerprint density at radius 2 is 1.82 bits per heavy atom. The van der Waals surface area contributed by atoms with E-state index in [0.717, 1.165) is 19.3 Å². The molecule has 1 aromatic rings. The van der Waals surface area contributed by atoms with Crippen LogP contribution in [0.4, 0.5) is 0 Å². The smallest absolute Gasteiger partial charge is 0.337 e. The van der Waals surface area contributed by atoms with E-state index in [4.69, 9.17) is 0 Å². The van der Waals surface area contributed by atoms with Gasteiger partial charge in [0.25, 0.3) is 0 Å². The molecule has 0 amide bonds. The Morgan fingerprint density at radius 3 is 2.41 bits per heavy atom. The van der Waals surface area contributed by atoms with Gasteiger partial charge in [-0.3, -0.25) is 0 Å². The Balaban J connectivity index is 2.14. The average molecular weight is 325 g/mol. The number of benzene rings is 1. The van der Waals surface area contributed by atoms with Crippen LogP contribution < -0.4 is 4.72 Å². The van der Waals surface area contributed by atoms with Crippen molar-refractivity contribution < 1.29 is 17.9 Å². The van der Waals surface area contributed by atoms with Crippen LogP contribution in [0.1, 0.15) is 43.5 Å². The van der Waals surface area contributed by atoms with Crippen LogP contribution in [0.3, 0.4) is 0 Å². The predicted octanol–water partition coefficient (Wildman–Crippen LogP) is 2.58. The predicted molar refractivity (Wildman–Crippen MR) is 84.1 cm³/mol. The molecule has 22 heavy (non-hydrogen) atoms. The van der Waals surface area contributed by atoms with Crippen molar-refractivity contribution in [3.8, 4) is 0 Å². The molecular weight excluding hydrogens is 302 g/mol. The largest absolute Gasteiger partial charge is 0.465 e. The minimum Gasteiger partial charge on any atom is -0.465 e. The molecule has 1 aromatic carbocycles. The molecular formula is C16H23NO4S. The van der Waals surface area contributed by atoms with E-state index < -0.39 is 16.0 Å². The van der Waals surface area contributed by atoms with Crippen LogP contribution >= 0.6 is 0 Å². The molecule has 0 saturated heterocycles. The lowest BCUT2D eigenvalue weighted by atomic mass is 9.78. The Morgan fingerprint density at radius 1 is 1.18 bits per heavy atom. The lowest BCUT2D eigenvalue weighted by Crippen LogP contribution is -2.43. The highest BCUT2D eigenvalue weighted by atomic mass is 32.2. The highest BCUT2D eigenvalue weighted by molar-refractivity contribution is 7.89. The number of hydrogen-bond donors (Lipinski definition) is 1. The lowest BCUT2D eigenvalue weighted by Gasteiger charge is -2.34. The van der Waals surface area contributed by atoms with Gasteiger partial charge >= 0.3 is 5.97 Å². The van der Waals surface area contributed by atoms with Crippen molar-refractivity contribution in [1.82, 2.24) is 4.72 Å². The van der Waals surface area contributed by atoms with Crippen molar-refractivity contribution in [1.29, 1.82) is 0 Å². The second-order valence-corrected chi connectivity index (χ2v) is 7.73. The molecule has 1 aliphatic rings. The standard InChI is InChI=1S/C16H23NO4S/c1-11-5-4-6-15(12(11)2)17-22(19,20)14-9-7-13(8-10-14)16(18)21-3/h7-12,15,17H,4-6H2,1-3H3. The highest BCUT2D eigenvalue weighted by Crippen LogP contribution is 2.30. The van der Waals surface area contributed by atoms with Gasteiger partial charge in [-0.05, 0) is 42.5 Å². The van der Waals surface area contributed by atoms with Crippen molar-refractivity contribution in [3.05, 3.63) is 29.8 Å². The molecule has 2 rings (SSSR count). The highest BCUT2D eigenvalue weighted by Gasteiger charge is 2.30. The molecule has 0 aromatic heterocycles. The first-order valence-corrected chi connectivity index (χ1v) is 9.04. The first-order chi connectivity index (χ1) is 10.3. The molecule has 122 valence electrons. The van der Waals surface area contributed by atoms with Gasteiger partial charge < -0.3 is 4.74 Å². The minimum atomic E-state index is -3.57. The number of methoxy groups -OCH3 is 1. The second-order valence-electron chi connectivity index (χ2n) is 6.01. The molecule has 1 fully saturated rings. The van der Waals surface area contributed by atoms with Crippen molar-refractivity contribution in [2.45, 2.75) is 44.0 Å². The maximum atomic E-state index is 12.5. The molecule has 3 unspecified atom stereocenters. The summed E-state index contributed by atoms with van der Waals surface area (Å²) < 4.78 is 32.4. The number of esters is 1. The summed E-state index contributed by atoms with van der Waals surface area (Å²) >= 11 is 0. The van der Waals surface area contributed by atoms with E-state index in [1.54, 1.807) is 0 Å². The third-order valence-electron chi connectivity index (χ3n) is 4.60. The molecule has 5 nitrogen and oxygen atoms in total. The summed E-state index contributed by atoms with van der Waals surface area (Å²) in [7, 11) is -2.28. The van der Waals surface area contributed by atoms with Gasteiger partial charge in [0.1, 0.15) is 0 Å². The molecule has 1 saturated carbocycles. The average Bonchev–Trinajstić information content (AvgIpc) is 2.51. The topological polar surface area (TPSA) is 72.5 Å². The third kappa shape index (κ3) is 3.67. The van der Waals surface area contributed by atoms with Crippen molar-refractivity contribution >= 4 is 16.0 Å². The van der Waals surface area contributed by atoms with Gasteiger partial charge in [-0.2, -0.15) is 0 Å². The van der Waals surface area contributed by atoms with Gasteiger partial charge in [0.05, 0.1) is 17.6 Å².